The Kier molecular flexibility index (Phi) is 7.49. The number of aromatic hydroxyl groups is 1. The summed E-state index contributed by atoms with van der Waals surface area (Å²) in [4.78, 5) is 55.5. The molecular weight excluding hydrogens is 458 g/mol. The summed E-state index contributed by atoms with van der Waals surface area (Å²) in [6, 6.07) is 5.99. The van der Waals surface area contributed by atoms with Crippen molar-refractivity contribution >= 4 is 29.5 Å². The molecule has 0 spiro atoms. The monoisotopic (exact) mass is 481 g/mol. The Morgan fingerprint density at radius 3 is 2.31 bits per heavy atom. The summed E-state index contributed by atoms with van der Waals surface area (Å²) >= 11 is 0. The Balaban J connectivity index is 1.99. The van der Waals surface area contributed by atoms with Gasteiger partial charge >= 0.3 is 17.9 Å². The third-order valence-electron chi connectivity index (χ3n) is 5.07. The molecule has 2 aromatic carbocycles. The molecule has 11 heteroatoms. The Bertz CT molecular complexity index is 1280. The fraction of sp³-hybridized carbons (Fsp3) is 0.208. The number of carbonyl (C=O) groups is 4. The van der Waals surface area contributed by atoms with Crippen LogP contribution in [0, 0.1) is 5.92 Å². The van der Waals surface area contributed by atoms with Crippen LogP contribution in [0.4, 0.5) is 5.69 Å². The van der Waals surface area contributed by atoms with Crippen molar-refractivity contribution in [1.82, 2.24) is 9.97 Å². The normalized spacial score (nSPS) is 10.7. The summed E-state index contributed by atoms with van der Waals surface area (Å²) in [5.41, 5.74) is -0.544. The highest BCUT2D eigenvalue weighted by molar-refractivity contribution is 6.14. The number of ether oxygens (including phenoxy) is 1. The van der Waals surface area contributed by atoms with Gasteiger partial charge in [-0.15, -0.1) is 0 Å². The van der Waals surface area contributed by atoms with Crippen molar-refractivity contribution in [1.29, 1.82) is 0 Å². The molecule has 11 nitrogen and oxygen atoms in total. The van der Waals surface area contributed by atoms with Gasteiger partial charge in [0.15, 0.2) is 0 Å². The molecule has 0 bridgehead atoms. The Morgan fingerprint density at radius 2 is 1.71 bits per heavy atom. The highest BCUT2D eigenvalue weighted by Crippen LogP contribution is 2.28. The number of carbonyl (C=O) groups excluding carboxylic acids is 2. The third kappa shape index (κ3) is 5.82. The number of carboxylic acid groups (broad SMARTS) is 2. The smallest absolute Gasteiger partial charge is 0.340 e. The number of amides is 1. The van der Waals surface area contributed by atoms with Crippen molar-refractivity contribution in [3.8, 4) is 17.0 Å². The molecule has 35 heavy (non-hydrogen) atoms. The van der Waals surface area contributed by atoms with Gasteiger partial charge in [0.2, 0.25) is 0 Å². The summed E-state index contributed by atoms with van der Waals surface area (Å²) in [7, 11) is 0. The fourth-order valence-electron chi connectivity index (χ4n) is 3.18. The molecule has 0 radical (unpaired) electrons. The predicted molar refractivity (Wildman–Crippen MR) is 124 cm³/mol. The van der Waals surface area contributed by atoms with Crippen LogP contribution in [0.2, 0.25) is 0 Å². The van der Waals surface area contributed by atoms with E-state index in [-0.39, 0.29) is 17.9 Å². The highest BCUT2D eigenvalue weighted by atomic mass is 16.5. The Hall–Kier alpha value is -4.67. The van der Waals surface area contributed by atoms with E-state index in [0.29, 0.717) is 29.7 Å². The third-order valence-corrected chi connectivity index (χ3v) is 5.07. The fourth-order valence-corrected chi connectivity index (χ4v) is 3.18. The van der Waals surface area contributed by atoms with Crippen molar-refractivity contribution in [2.45, 2.75) is 20.3 Å². The van der Waals surface area contributed by atoms with Gasteiger partial charge in [-0.05, 0) is 36.6 Å². The standard InChI is InChI=1S/C24H23N3O8/c1-12(2)5-6-35-24(34)16-7-13(19-10-25-11-26-19)3-4-18(16)27-21(29)14-9-20(28)17(23(32)33)8-15(14)22(30)31/h3-4,7-12,28H,5-6H2,1-2H3,(H,25,26)(H,27,29)(H,30,31)(H,32,33). The summed E-state index contributed by atoms with van der Waals surface area (Å²) < 4.78 is 5.35. The maximum atomic E-state index is 13.0. The number of nitrogens with one attached hydrogen (secondary N) is 2. The van der Waals surface area contributed by atoms with Crippen molar-refractivity contribution in [2.75, 3.05) is 11.9 Å². The van der Waals surface area contributed by atoms with Gasteiger partial charge in [0.25, 0.3) is 5.91 Å². The minimum absolute atomic E-state index is 0.0115. The van der Waals surface area contributed by atoms with Crippen LogP contribution in [0.25, 0.3) is 11.3 Å². The lowest BCUT2D eigenvalue weighted by molar-refractivity contribution is 0.0488. The van der Waals surface area contributed by atoms with Crippen LogP contribution in [0.1, 0.15) is 61.7 Å². The number of anilines is 1. The van der Waals surface area contributed by atoms with Crippen LogP contribution < -0.4 is 5.32 Å². The zero-order chi connectivity index (χ0) is 25.7. The second kappa shape index (κ2) is 10.5. The molecule has 5 N–H and O–H groups in total. The van der Waals surface area contributed by atoms with Crippen LogP contribution in [0.3, 0.4) is 0 Å². The van der Waals surface area contributed by atoms with E-state index >= 15 is 0 Å². The van der Waals surface area contributed by atoms with Gasteiger partial charge in [-0.25, -0.2) is 19.4 Å². The lowest BCUT2D eigenvalue weighted by Crippen LogP contribution is -2.20. The lowest BCUT2D eigenvalue weighted by atomic mass is 10.0. The van der Waals surface area contributed by atoms with Gasteiger partial charge in [0.1, 0.15) is 11.3 Å². The average Bonchev–Trinajstić information content (AvgIpc) is 3.33. The number of carboxylic acids is 2. The number of nitrogens with zero attached hydrogens (tertiary/aromatic N) is 1. The van der Waals surface area contributed by atoms with Crippen LogP contribution in [0.15, 0.2) is 42.9 Å². The number of phenols is 1. The molecule has 0 saturated carbocycles. The van der Waals surface area contributed by atoms with E-state index in [1.165, 1.54) is 18.5 Å². The zero-order valence-corrected chi connectivity index (χ0v) is 18.9. The topological polar surface area (TPSA) is 179 Å². The number of aromatic amines is 1. The van der Waals surface area contributed by atoms with Crippen molar-refractivity contribution < 1.29 is 39.2 Å². The van der Waals surface area contributed by atoms with Gasteiger partial charge in [0.05, 0.1) is 47.2 Å². The molecule has 3 aromatic rings. The summed E-state index contributed by atoms with van der Waals surface area (Å²) in [6.07, 6.45) is 3.64. The molecule has 0 atom stereocenters. The number of benzene rings is 2. The number of hydrogen-bond donors (Lipinski definition) is 5. The highest BCUT2D eigenvalue weighted by Gasteiger charge is 2.24. The Morgan fingerprint density at radius 1 is 1.00 bits per heavy atom. The van der Waals surface area contributed by atoms with Crippen LogP contribution in [-0.2, 0) is 4.74 Å². The molecular formula is C24H23N3O8. The molecule has 0 fully saturated rings. The lowest BCUT2D eigenvalue weighted by Gasteiger charge is -2.14. The largest absolute Gasteiger partial charge is 0.507 e. The second-order valence-corrected chi connectivity index (χ2v) is 8.02. The first-order chi connectivity index (χ1) is 16.6. The minimum Gasteiger partial charge on any atom is -0.507 e. The van der Waals surface area contributed by atoms with E-state index < -0.39 is 46.3 Å². The molecule has 0 aliphatic carbocycles. The molecule has 1 heterocycles. The van der Waals surface area contributed by atoms with Gasteiger partial charge < -0.3 is 30.4 Å². The van der Waals surface area contributed by atoms with Crippen LogP contribution in [-0.4, -0.2) is 55.7 Å². The molecule has 0 saturated heterocycles. The minimum atomic E-state index is -1.57. The quantitative estimate of drug-likeness (QED) is 0.285. The van der Waals surface area contributed by atoms with Crippen molar-refractivity contribution in [3.63, 3.8) is 0 Å². The molecule has 1 aromatic heterocycles. The number of aromatic carboxylic acids is 2. The molecule has 0 aliphatic rings. The molecule has 3 rings (SSSR count). The average molecular weight is 481 g/mol. The summed E-state index contributed by atoms with van der Waals surface area (Å²) in [5.74, 6) is -5.28. The zero-order valence-electron chi connectivity index (χ0n) is 18.9. The summed E-state index contributed by atoms with van der Waals surface area (Å²) in [5, 5.41) is 31.0. The summed E-state index contributed by atoms with van der Waals surface area (Å²) in [6.45, 7) is 4.11. The van der Waals surface area contributed by atoms with Gasteiger partial charge in [0, 0.05) is 5.56 Å². The van der Waals surface area contributed by atoms with E-state index in [2.05, 4.69) is 15.3 Å². The SMILES string of the molecule is CC(C)CCOC(=O)c1cc(-c2cnc[nH]2)ccc1NC(=O)c1cc(O)c(C(=O)O)cc1C(=O)O. The molecule has 182 valence electrons. The maximum absolute atomic E-state index is 13.0. The number of H-pyrrole nitrogens is 1. The number of imidazole rings is 1. The van der Waals surface area contributed by atoms with Gasteiger partial charge in [-0.2, -0.15) is 0 Å². The van der Waals surface area contributed by atoms with Crippen LogP contribution in [0.5, 0.6) is 5.75 Å². The molecule has 0 aliphatic heterocycles. The number of aromatic nitrogens is 2. The second-order valence-electron chi connectivity index (χ2n) is 8.02. The van der Waals surface area contributed by atoms with E-state index in [9.17, 15) is 29.4 Å². The van der Waals surface area contributed by atoms with Gasteiger partial charge in [-0.3, -0.25) is 4.79 Å². The maximum Gasteiger partial charge on any atom is 0.340 e. The number of hydrogen-bond acceptors (Lipinski definition) is 7. The first-order valence-corrected chi connectivity index (χ1v) is 10.5. The van der Waals surface area contributed by atoms with Crippen molar-refractivity contribution in [3.05, 3.63) is 65.1 Å². The van der Waals surface area contributed by atoms with Crippen molar-refractivity contribution in [2.24, 2.45) is 5.92 Å². The number of rotatable bonds is 9. The van der Waals surface area contributed by atoms with E-state index in [4.69, 9.17) is 9.84 Å². The molecule has 1 amide bonds. The number of esters is 1. The van der Waals surface area contributed by atoms with Gasteiger partial charge in [-0.1, -0.05) is 19.9 Å². The van der Waals surface area contributed by atoms with E-state index in [1.54, 1.807) is 12.3 Å². The first kappa shape index (κ1) is 25.0. The molecule has 0 unspecified atom stereocenters. The van der Waals surface area contributed by atoms with E-state index in [0.717, 1.165) is 6.07 Å². The first-order valence-electron chi connectivity index (χ1n) is 10.5. The van der Waals surface area contributed by atoms with E-state index in [1.807, 2.05) is 13.8 Å². The van der Waals surface area contributed by atoms with Crippen LogP contribution >= 0.6 is 0 Å². The Labute approximate surface area is 199 Å². The predicted octanol–water partition coefficient (Wildman–Crippen LogP) is 3.63.